The SMILES string of the molecule is CNc1nc(-c2cccc(F)c2F)nc(-n2cncn2)n1. The third-order valence-electron chi connectivity index (χ3n) is 2.66. The highest BCUT2D eigenvalue weighted by Gasteiger charge is 2.15. The molecule has 21 heavy (non-hydrogen) atoms. The highest BCUT2D eigenvalue weighted by molar-refractivity contribution is 5.57. The summed E-state index contributed by atoms with van der Waals surface area (Å²) in [6, 6.07) is 3.79. The van der Waals surface area contributed by atoms with Gasteiger partial charge in [-0.3, -0.25) is 0 Å². The zero-order valence-corrected chi connectivity index (χ0v) is 10.8. The summed E-state index contributed by atoms with van der Waals surface area (Å²) in [4.78, 5) is 16.0. The van der Waals surface area contributed by atoms with Crippen molar-refractivity contribution in [1.82, 2.24) is 29.7 Å². The van der Waals surface area contributed by atoms with Crippen LogP contribution < -0.4 is 5.32 Å². The summed E-state index contributed by atoms with van der Waals surface area (Å²) in [6.07, 6.45) is 2.70. The fourth-order valence-electron chi connectivity index (χ4n) is 1.69. The van der Waals surface area contributed by atoms with Gasteiger partial charge in [-0.25, -0.2) is 13.8 Å². The quantitative estimate of drug-likeness (QED) is 0.785. The third-order valence-corrected chi connectivity index (χ3v) is 2.66. The Morgan fingerprint density at radius 1 is 1.14 bits per heavy atom. The minimum atomic E-state index is -1.02. The van der Waals surface area contributed by atoms with Gasteiger partial charge in [-0.15, -0.1) is 0 Å². The van der Waals surface area contributed by atoms with Crippen molar-refractivity contribution in [2.45, 2.75) is 0 Å². The van der Waals surface area contributed by atoms with Gasteiger partial charge in [0.15, 0.2) is 17.5 Å². The van der Waals surface area contributed by atoms with Gasteiger partial charge in [0, 0.05) is 7.05 Å². The van der Waals surface area contributed by atoms with Gasteiger partial charge in [-0.1, -0.05) is 6.07 Å². The molecule has 0 aliphatic rings. The number of anilines is 1. The van der Waals surface area contributed by atoms with E-state index in [-0.39, 0.29) is 23.3 Å². The molecule has 3 rings (SSSR count). The summed E-state index contributed by atoms with van der Waals surface area (Å²) in [5.41, 5.74) is -0.0599. The molecule has 0 aliphatic heterocycles. The first kappa shape index (κ1) is 13.0. The van der Waals surface area contributed by atoms with Gasteiger partial charge in [0.1, 0.15) is 12.7 Å². The number of rotatable bonds is 3. The molecule has 0 saturated carbocycles. The number of halogens is 2. The van der Waals surface area contributed by atoms with Crippen LogP contribution in [0.5, 0.6) is 0 Å². The molecule has 0 radical (unpaired) electrons. The first-order valence-corrected chi connectivity index (χ1v) is 5.92. The van der Waals surface area contributed by atoms with Crippen LogP contribution in [-0.4, -0.2) is 36.8 Å². The predicted octanol–water partition coefficient (Wildman–Crippen LogP) is 1.44. The Balaban J connectivity index is 2.18. The average Bonchev–Trinajstić information content (AvgIpc) is 3.04. The summed E-state index contributed by atoms with van der Waals surface area (Å²) in [7, 11) is 1.60. The van der Waals surface area contributed by atoms with Crippen molar-refractivity contribution in [1.29, 1.82) is 0 Å². The molecule has 7 nitrogen and oxygen atoms in total. The maximum absolute atomic E-state index is 13.9. The molecule has 0 unspecified atom stereocenters. The first-order chi connectivity index (χ1) is 10.2. The molecule has 3 aromatic rings. The minimum Gasteiger partial charge on any atom is -0.357 e. The molecule has 0 fully saturated rings. The summed E-state index contributed by atoms with van der Waals surface area (Å²) in [6.45, 7) is 0. The zero-order valence-electron chi connectivity index (χ0n) is 10.8. The topological polar surface area (TPSA) is 81.4 Å². The lowest BCUT2D eigenvalue weighted by Gasteiger charge is -2.07. The van der Waals surface area contributed by atoms with Crippen LogP contribution >= 0.6 is 0 Å². The fourth-order valence-corrected chi connectivity index (χ4v) is 1.69. The van der Waals surface area contributed by atoms with Crippen LogP contribution in [0.4, 0.5) is 14.7 Å². The molecule has 2 heterocycles. The maximum atomic E-state index is 13.9. The fraction of sp³-hybridized carbons (Fsp3) is 0.0833. The molecule has 0 aliphatic carbocycles. The summed E-state index contributed by atoms with van der Waals surface area (Å²) >= 11 is 0. The molecular formula is C12H9F2N7. The van der Waals surface area contributed by atoms with Gasteiger partial charge >= 0.3 is 0 Å². The first-order valence-electron chi connectivity index (χ1n) is 5.92. The number of hydrogen-bond donors (Lipinski definition) is 1. The normalized spacial score (nSPS) is 10.6. The second kappa shape index (κ2) is 5.19. The lowest BCUT2D eigenvalue weighted by molar-refractivity contribution is 0.510. The van der Waals surface area contributed by atoms with E-state index >= 15 is 0 Å². The molecule has 0 amide bonds. The Kier molecular flexibility index (Phi) is 3.22. The number of hydrogen-bond acceptors (Lipinski definition) is 6. The van der Waals surface area contributed by atoms with Crippen molar-refractivity contribution in [3.8, 4) is 17.3 Å². The summed E-state index contributed by atoms with van der Waals surface area (Å²) < 4.78 is 28.5. The van der Waals surface area contributed by atoms with Gasteiger partial charge in [0.25, 0.3) is 5.95 Å². The number of nitrogens with zero attached hydrogens (tertiary/aromatic N) is 6. The van der Waals surface area contributed by atoms with E-state index in [0.29, 0.717) is 0 Å². The Morgan fingerprint density at radius 3 is 2.71 bits per heavy atom. The predicted molar refractivity (Wildman–Crippen MR) is 69.6 cm³/mol. The zero-order chi connectivity index (χ0) is 14.8. The van der Waals surface area contributed by atoms with E-state index < -0.39 is 11.6 Å². The van der Waals surface area contributed by atoms with E-state index in [4.69, 9.17) is 0 Å². The van der Waals surface area contributed by atoms with Crippen LogP contribution in [0.2, 0.25) is 0 Å². The van der Waals surface area contributed by atoms with Gasteiger partial charge in [-0.2, -0.15) is 24.7 Å². The molecule has 1 N–H and O–H groups in total. The molecular weight excluding hydrogens is 280 g/mol. The Morgan fingerprint density at radius 2 is 2.00 bits per heavy atom. The summed E-state index contributed by atoms with van der Waals surface area (Å²) in [5, 5.41) is 6.63. The molecule has 0 spiro atoms. The number of benzene rings is 1. The molecule has 0 saturated heterocycles. The molecule has 106 valence electrons. The molecule has 1 aromatic carbocycles. The van der Waals surface area contributed by atoms with Crippen molar-refractivity contribution in [2.24, 2.45) is 0 Å². The van der Waals surface area contributed by atoms with E-state index in [9.17, 15) is 8.78 Å². The maximum Gasteiger partial charge on any atom is 0.257 e. The van der Waals surface area contributed by atoms with Crippen molar-refractivity contribution < 1.29 is 8.78 Å². The van der Waals surface area contributed by atoms with Crippen molar-refractivity contribution in [3.05, 3.63) is 42.5 Å². The average molecular weight is 289 g/mol. The van der Waals surface area contributed by atoms with Crippen LogP contribution in [0.15, 0.2) is 30.9 Å². The van der Waals surface area contributed by atoms with E-state index in [0.717, 1.165) is 6.07 Å². The van der Waals surface area contributed by atoms with Crippen LogP contribution in [-0.2, 0) is 0 Å². The number of aromatic nitrogens is 6. The van der Waals surface area contributed by atoms with Crippen LogP contribution in [0.3, 0.4) is 0 Å². The van der Waals surface area contributed by atoms with E-state index in [1.807, 2.05) is 0 Å². The van der Waals surface area contributed by atoms with Gasteiger partial charge in [0.2, 0.25) is 5.95 Å². The lowest BCUT2D eigenvalue weighted by atomic mass is 10.2. The van der Waals surface area contributed by atoms with Gasteiger partial charge in [0.05, 0.1) is 5.56 Å². The highest BCUT2D eigenvalue weighted by atomic mass is 19.2. The lowest BCUT2D eigenvalue weighted by Crippen LogP contribution is -2.09. The monoisotopic (exact) mass is 289 g/mol. The van der Waals surface area contributed by atoms with Crippen LogP contribution in [0.1, 0.15) is 0 Å². The van der Waals surface area contributed by atoms with Crippen molar-refractivity contribution in [2.75, 3.05) is 12.4 Å². The second-order valence-corrected chi connectivity index (χ2v) is 3.97. The Bertz CT molecular complexity index is 773. The smallest absolute Gasteiger partial charge is 0.257 e. The largest absolute Gasteiger partial charge is 0.357 e. The Labute approximate surface area is 117 Å². The van der Waals surface area contributed by atoms with E-state index in [2.05, 4.69) is 30.4 Å². The minimum absolute atomic E-state index is 0.00292. The van der Waals surface area contributed by atoms with Gasteiger partial charge in [-0.05, 0) is 12.1 Å². The third kappa shape index (κ3) is 2.40. The molecule has 0 atom stereocenters. The number of nitrogens with one attached hydrogen (secondary N) is 1. The van der Waals surface area contributed by atoms with Crippen LogP contribution in [0.25, 0.3) is 17.3 Å². The standard InChI is InChI=1S/C12H9F2N7/c1-15-11-18-10(7-3-2-4-8(13)9(7)14)19-12(20-11)21-6-16-5-17-21/h2-6H,1H3,(H,15,18,19,20). The molecule has 2 aromatic heterocycles. The van der Waals surface area contributed by atoms with Crippen molar-refractivity contribution >= 4 is 5.95 Å². The summed E-state index contributed by atoms with van der Waals surface area (Å²) in [5.74, 6) is -1.65. The molecule has 0 bridgehead atoms. The Hall–Kier alpha value is -2.97. The van der Waals surface area contributed by atoms with E-state index in [1.165, 1.54) is 29.5 Å². The molecule has 9 heteroatoms. The van der Waals surface area contributed by atoms with Gasteiger partial charge < -0.3 is 5.32 Å². The van der Waals surface area contributed by atoms with Crippen molar-refractivity contribution in [3.63, 3.8) is 0 Å². The van der Waals surface area contributed by atoms with Crippen LogP contribution in [0, 0.1) is 11.6 Å². The van der Waals surface area contributed by atoms with E-state index in [1.54, 1.807) is 7.05 Å². The second-order valence-electron chi connectivity index (χ2n) is 3.97. The highest BCUT2D eigenvalue weighted by Crippen LogP contribution is 2.22.